The fourth-order valence-electron chi connectivity index (χ4n) is 2.15. The molecule has 1 aliphatic rings. The standard InChI is InChI=1S/C11H11N5OS/c12-9-8-5(6-2-1-3-18-6)4-7(17)14-10(8)16-11(13)15-9/h1-3,5H,4H2,(H5,12,13,14,15,16,17). The third-order valence-electron chi connectivity index (χ3n) is 2.87. The van der Waals surface area contributed by atoms with Gasteiger partial charge < -0.3 is 16.8 Å². The average Bonchev–Trinajstić information content (AvgIpc) is 2.79. The van der Waals surface area contributed by atoms with Crippen molar-refractivity contribution in [3.05, 3.63) is 28.0 Å². The summed E-state index contributed by atoms with van der Waals surface area (Å²) in [5.41, 5.74) is 12.2. The van der Waals surface area contributed by atoms with E-state index in [2.05, 4.69) is 15.3 Å². The summed E-state index contributed by atoms with van der Waals surface area (Å²) in [6.07, 6.45) is 0.352. The molecule has 7 heteroatoms. The molecule has 92 valence electrons. The van der Waals surface area contributed by atoms with Crippen LogP contribution in [0.5, 0.6) is 0 Å². The second-order valence-corrected chi connectivity index (χ2v) is 5.03. The molecule has 18 heavy (non-hydrogen) atoms. The predicted molar refractivity (Wildman–Crippen MR) is 70.3 cm³/mol. The van der Waals surface area contributed by atoms with E-state index in [4.69, 9.17) is 11.5 Å². The monoisotopic (exact) mass is 261 g/mol. The molecule has 0 aliphatic carbocycles. The van der Waals surface area contributed by atoms with Crippen LogP contribution in [0.2, 0.25) is 0 Å². The Morgan fingerprint density at radius 3 is 2.94 bits per heavy atom. The van der Waals surface area contributed by atoms with Gasteiger partial charge in [-0.1, -0.05) is 6.07 Å². The number of nitrogen functional groups attached to an aromatic ring is 2. The molecule has 3 heterocycles. The summed E-state index contributed by atoms with van der Waals surface area (Å²) in [4.78, 5) is 20.8. The van der Waals surface area contributed by atoms with Gasteiger partial charge in [-0.3, -0.25) is 4.79 Å². The van der Waals surface area contributed by atoms with Crippen molar-refractivity contribution in [3.63, 3.8) is 0 Å². The maximum absolute atomic E-state index is 11.7. The van der Waals surface area contributed by atoms with Crippen molar-refractivity contribution in [3.8, 4) is 0 Å². The van der Waals surface area contributed by atoms with Crippen LogP contribution in [0.4, 0.5) is 17.6 Å². The van der Waals surface area contributed by atoms with Crippen molar-refractivity contribution in [1.82, 2.24) is 9.97 Å². The normalized spacial score (nSPS) is 18.2. The van der Waals surface area contributed by atoms with Gasteiger partial charge in [-0.2, -0.15) is 9.97 Å². The predicted octanol–water partition coefficient (Wildman–Crippen LogP) is 1.18. The zero-order valence-electron chi connectivity index (χ0n) is 9.38. The number of amides is 1. The molecule has 0 spiro atoms. The third-order valence-corrected chi connectivity index (χ3v) is 3.86. The largest absolute Gasteiger partial charge is 0.383 e. The van der Waals surface area contributed by atoms with Crippen LogP contribution in [0.15, 0.2) is 17.5 Å². The topological polar surface area (TPSA) is 107 Å². The van der Waals surface area contributed by atoms with Crippen LogP contribution in [0, 0.1) is 0 Å². The Hall–Kier alpha value is -2.15. The molecule has 1 atom stereocenters. The number of aromatic nitrogens is 2. The number of hydrogen-bond acceptors (Lipinski definition) is 6. The highest BCUT2D eigenvalue weighted by molar-refractivity contribution is 7.10. The number of rotatable bonds is 1. The molecule has 0 fully saturated rings. The zero-order valence-corrected chi connectivity index (χ0v) is 10.2. The molecule has 0 radical (unpaired) electrons. The SMILES string of the molecule is Nc1nc(N)c2c(n1)NC(=O)CC2c1cccs1. The first-order chi connectivity index (χ1) is 8.65. The molecule has 6 nitrogen and oxygen atoms in total. The van der Waals surface area contributed by atoms with E-state index in [0.717, 1.165) is 10.4 Å². The van der Waals surface area contributed by atoms with Gasteiger partial charge >= 0.3 is 0 Å². The maximum atomic E-state index is 11.7. The highest BCUT2D eigenvalue weighted by Gasteiger charge is 2.31. The van der Waals surface area contributed by atoms with Gasteiger partial charge in [-0.25, -0.2) is 0 Å². The molecular weight excluding hydrogens is 250 g/mol. The molecule has 1 unspecified atom stereocenters. The Bertz CT molecular complexity index is 610. The van der Waals surface area contributed by atoms with E-state index in [0.29, 0.717) is 18.1 Å². The highest BCUT2D eigenvalue weighted by Crippen LogP contribution is 2.40. The van der Waals surface area contributed by atoms with Gasteiger partial charge in [0, 0.05) is 22.8 Å². The van der Waals surface area contributed by atoms with E-state index >= 15 is 0 Å². The number of nitrogens with zero attached hydrogens (tertiary/aromatic N) is 2. The van der Waals surface area contributed by atoms with Crippen molar-refractivity contribution < 1.29 is 4.79 Å². The van der Waals surface area contributed by atoms with Crippen LogP contribution in [-0.2, 0) is 4.79 Å². The molecule has 2 aromatic heterocycles. The summed E-state index contributed by atoms with van der Waals surface area (Å²) in [6.45, 7) is 0. The quantitative estimate of drug-likeness (QED) is 0.714. The first kappa shape index (κ1) is 11.0. The molecular formula is C11H11N5OS. The molecule has 0 saturated heterocycles. The van der Waals surface area contributed by atoms with Crippen LogP contribution in [0.1, 0.15) is 22.8 Å². The molecule has 2 aromatic rings. The highest BCUT2D eigenvalue weighted by atomic mass is 32.1. The molecule has 3 rings (SSSR count). The van der Waals surface area contributed by atoms with Gasteiger partial charge in [-0.15, -0.1) is 11.3 Å². The fraction of sp³-hybridized carbons (Fsp3) is 0.182. The van der Waals surface area contributed by atoms with Crippen molar-refractivity contribution in [2.24, 2.45) is 0 Å². The lowest BCUT2D eigenvalue weighted by molar-refractivity contribution is -0.116. The van der Waals surface area contributed by atoms with Crippen molar-refractivity contribution in [2.45, 2.75) is 12.3 Å². The average molecular weight is 261 g/mol. The molecule has 1 aliphatic heterocycles. The number of thiophene rings is 1. The van der Waals surface area contributed by atoms with Crippen LogP contribution < -0.4 is 16.8 Å². The molecule has 1 amide bonds. The summed E-state index contributed by atoms with van der Waals surface area (Å²) < 4.78 is 0. The smallest absolute Gasteiger partial charge is 0.226 e. The Balaban J connectivity index is 2.18. The van der Waals surface area contributed by atoms with Crippen LogP contribution >= 0.6 is 11.3 Å². The molecule has 0 aromatic carbocycles. The van der Waals surface area contributed by atoms with Gasteiger partial charge in [0.25, 0.3) is 0 Å². The fourth-order valence-corrected chi connectivity index (χ4v) is 2.98. The number of hydrogen-bond donors (Lipinski definition) is 3. The lowest BCUT2D eigenvalue weighted by Gasteiger charge is -2.24. The summed E-state index contributed by atoms with van der Waals surface area (Å²) >= 11 is 1.59. The van der Waals surface area contributed by atoms with Crippen LogP contribution in [0.3, 0.4) is 0 Å². The second-order valence-electron chi connectivity index (χ2n) is 4.05. The van der Waals surface area contributed by atoms with E-state index in [9.17, 15) is 4.79 Å². The van der Waals surface area contributed by atoms with Gasteiger partial charge in [0.15, 0.2) is 0 Å². The summed E-state index contributed by atoms with van der Waals surface area (Å²) in [6, 6.07) is 3.92. The van der Waals surface area contributed by atoms with E-state index in [1.54, 1.807) is 11.3 Å². The third kappa shape index (κ3) is 1.68. The second kappa shape index (κ2) is 3.95. The lowest BCUT2D eigenvalue weighted by atomic mass is 9.91. The molecule has 0 bridgehead atoms. The van der Waals surface area contributed by atoms with Crippen molar-refractivity contribution in [1.29, 1.82) is 0 Å². The van der Waals surface area contributed by atoms with Gasteiger partial charge in [0.1, 0.15) is 11.6 Å². The van der Waals surface area contributed by atoms with Gasteiger partial charge in [-0.05, 0) is 11.4 Å². The Kier molecular flexibility index (Phi) is 2.41. The number of nitrogens with one attached hydrogen (secondary N) is 1. The minimum atomic E-state index is -0.0886. The minimum absolute atomic E-state index is 0.0679. The van der Waals surface area contributed by atoms with Gasteiger partial charge in [0.05, 0.1) is 0 Å². The minimum Gasteiger partial charge on any atom is -0.383 e. The molecule has 5 N–H and O–H groups in total. The van der Waals surface area contributed by atoms with E-state index < -0.39 is 0 Å². The van der Waals surface area contributed by atoms with E-state index in [1.165, 1.54) is 0 Å². The van der Waals surface area contributed by atoms with Crippen LogP contribution in [0.25, 0.3) is 0 Å². The number of anilines is 3. The Morgan fingerprint density at radius 1 is 1.39 bits per heavy atom. The lowest BCUT2D eigenvalue weighted by Crippen LogP contribution is -2.26. The number of carbonyl (C=O) groups excluding carboxylic acids is 1. The molecule has 0 saturated carbocycles. The first-order valence-electron chi connectivity index (χ1n) is 5.41. The van der Waals surface area contributed by atoms with Crippen LogP contribution in [-0.4, -0.2) is 15.9 Å². The summed E-state index contributed by atoms with van der Waals surface area (Å²) in [5, 5.41) is 4.66. The Labute approximate surface area is 107 Å². The van der Waals surface area contributed by atoms with Crippen molar-refractivity contribution >= 4 is 34.8 Å². The van der Waals surface area contributed by atoms with Crippen molar-refractivity contribution in [2.75, 3.05) is 16.8 Å². The van der Waals surface area contributed by atoms with E-state index in [-0.39, 0.29) is 17.8 Å². The zero-order chi connectivity index (χ0) is 12.7. The first-order valence-corrected chi connectivity index (χ1v) is 6.29. The number of fused-ring (bicyclic) bond motifs is 1. The van der Waals surface area contributed by atoms with E-state index in [1.807, 2.05) is 17.5 Å². The maximum Gasteiger partial charge on any atom is 0.226 e. The summed E-state index contributed by atoms with van der Waals surface area (Å²) in [5.74, 6) is 0.650. The summed E-state index contributed by atoms with van der Waals surface area (Å²) in [7, 11) is 0. The number of nitrogens with two attached hydrogens (primary N) is 2. The Morgan fingerprint density at radius 2 is 2.22 bits per heavy atom. The number of carbonyl (C=O) groups is 1. The van der Waals surface area contributed by atoms with Gasteiger partial charge in [0.2, 0.25) is 11.9 Å².